The highest BCUT2D eigenvalue weighted by molar-refractivity contribution is 5.99. The molecule has 12 nitrogen and oxygen atoms in total. The van der Waals surface area contributed by atoms with Gasteiger partial charge in [0.2, 0.25) is 5.91 Å². The second kappa shape index (κ2) is 17.8. The van der Waals surface area contributed by atoms with E-state index >= 15 is 4.79 Å². The topological polar surface area (TPSA) is 106 Å². The number of anilines is 2. The zero-order valence-electron chi connectivity index (χ0n) is 39.2. The minimum atomic E-state index is -0.951. The van der Waals surface area contributed by atoms with Gasteiger partial charge in [-0.15, -0.1) is 0 Å². The van der Waals surface area contributed by atoms with Crippen LogP contribution in [0.5, 0.6) is 0 Å². The van der Waals surface area contributed by atoms with E-state index in [0.717, 1.165) is 22.0 Å². The lowest BCUT2D eigenvalue weighted by Crippen LogP contribution is -2.55. The molecule has 2 saturated heterocycles. The molecule has 0 saturated carbocycles. The van der Waals surface area contributed by atoms with Crippen molar-refractivity contribution >= 4 is 46.3 Å². The molecule has 13 heteroatoms. The van der Waals surface area contributed by atoms with Crippen LogP contribution in [0.4, 0.5) is 25.5 Å². The summed E-state index contributed by atoms with van der Waals surface area (Å²) in [6.07, 6.45) is 2.68. The summed E-state index contributed by atoms with van der Waals surface area (Å²) in [4.78, 5) is 73.9. The van der Waals surface area contributed by atoms with Crippen molar-refractivity contribution in [3.8, 4) is 0 Å². The van der Waals surface area contributed by atoms with E-state index in [-0.39, 0.29) is 30.8 Å². The Hall–Kier alpha value is -7.02. The molecule has 6 amide bonds. The Labute approximate surface area is 386 Å². The average molecular weight is 891 g/mol. The van der Waals surface area contributed by atoms with Gasteiger partial charge in [0, 0.05) is 73.9 Å². The fraction of sp³-hybridized carbons (Fsp3) is 0.340. The smallest absolute Gasteiger partial charge is 0.327 e. The number of aromatic nitrogens is 2. The standard InChI is InChI=1S/C53H59FN8O4/c1-52(2,3)48-58(9)46(63)42(61(48)51(66)57(8)44-26-18-19-31-55-44)32-37-33-59(41-25-17-16-24-40(37)41)43(35-20-12-10-13-21-35)34-60-47(64)45(36-22-14-11-15-23-36)62(49(60)53(4,5)6)50(65)56(7)39-29-27-38(54)28-30-39/h10-31,33,42-43,45,48-49H,32,34H2,1-9H3. The molecule has 0 spiro atoms. The minimum Gasteiger partial charge on any atom is -0.338 e. The van der Waals surface area contributed by atoms with Crippen LogP contribution >= 0.6 is 0 Å². The molecule has 2 fully saturated rings. The molecule has 2 aliphatic rings. The second-order valence-electron chi connectivity index (χ2n) is 19.6. The molecule has 66 heavy (non-hydrogen) atoms. The van der Waals surface area contributed by atoms with Gasteiger partial charge in [0.05, 0.1) is 6.04 Å². The number of carbonyl (C=O) groups excluding carboxylic acids is 4. The number of hydrogen-bond acceptors (Lipinski definition) is 5. The van der Waals surface area contributed by atoms with Crippen LogP contribution in [-0.2, 0) is 16.0 Å². The SMILES string of the molecule is CN(C(=O)N1C(c2ccccc2)C(=O)N(CC(c2ccccc2)n2cc(CC3C(=O)N(C)C(C(C)(C)C)N3C(=O)N(C)c3ccccn3)c3ccccc32)C1C(C)(C)C)c1ccc(F)cc1. The number of benzene rings is 4. The Kier molecular flexibility index (Phi) is 12.2. The molecular formula is C53H59FN8O4. The molecule has 2 aliphatic heterocycles. The third kappa shape index (κ3) is 8.38. The second-order valence-corrected chi connectivity index (χ2v) is 19.6. The Morgan fingerprint density at radius 1 is 0.697 bits per heavy atom. The number of rotatable bonds is 9. The third-order valence-electron chi connectivity index (χ3n) is 13.0. The van der Waals surface area contributed by atoms with Crippen LogP contribution in [0.2, 0.25) is 0 Å². The first-order chi connectivity index (χ1) is 31.4. The van der Waals surface area contributed by atoms with E-state index in [4.69, 9.17) is 0 Å². The maximum Gasteiger partial charge on any atom is 0.327 e. The molecule has 0 aliphatic carbocycles. The summed E-state index contributed by atoms with van der Waals surface area (Å²) >= 11 is 0. The van der Waals surface area contributed by atoms with Crippen molar-refractivity contribution in [1.29, 1.82) is 0 Å². The molecule has 0 radical (unpaired) electrons. The van der Waals surface area contributed by atoms with Gasteiger partial charge in [-0.3, -0.25) is 29.2 Å². The predicted molar refractivity (Wildman–Crippen MR) is 256 cm³/mol. The van der Waals surface area contributed by atoms with Gasteiger partial charge in [-0.1, -0.05) is 126 Å². The summed E-state index contributed by atoms with van der Waals surface area (Å²) in [6, 6.07) is 35.5. The summed E-state index contributed by atoms with van der Waals surface area (Å²) in [6.45, 7) is 12.4. The number of carbonyl (C=O) groups is 4. The zero-order valence-corrected chi connectivity index (χ0v) is 39.2. The molecular weight excluding hydrogens is 832 g/mol. The first-order valence-corrected chi connectivity index (χ1v) is 22.4. The molecule has 5 unspecified atom stereocenters. The van der Waals surface area contributed by atoms with Gasteiger partial charge in [-0.05, 0) is 59.2 Å². The minimum absolute atomic E-state index is 0.160. The summed E-state index contributed by atoms with van der Waals surface area (Å²) in [5.41, 5.74) is 2.74. The third-order valence-corrected chi connectivity index (χ3v) is 13.0. The Morgan fingerprint density at radius 3 is 1.91 bits per heavy atom. The highest BCUT2D eigenvalue weighted by Crippen LogP contribution is 2.44. The van der Waals surface area contributed by atoms with Crippen molar-refractivity contribution in [3.05, 3.63) is 162 Å². The van der Waals surface area contributed by atoms with Crippen LogP contribution in [0.25, 0.3) is 10.9 Å². The number of likely N-dealkylation sites (N-methyl/N-ethyl adjacent to an activating group) is 1. The van der Waals surface area contributed by atoms with E-state index < -0.39 is 53.1 Å². The number of urea groups is 2. The summed E-state index contributed by atoms with van der Waals surface area (Å²) in [7, 11) is 5.09. The predicted octanol–water partition coefficient (Wildman–Crippen LogP) is 9.59. The number of halogens is 1. The first-order valence-electron chi connectivity index (χ1n) is 22.4. The van der Waals surface area contributed by atoms with E-state index in [9.17, 15) is 18.8 Å². The summed E-state index contributed by atoms with van der Waals surface area (Å²) in [5, 5.41) is 0.915. The Bertz CT molecular complexity index is 2720. The monoisotopic (exact) mass is 890 g/mol. The maximum absolute atomic E-state index is 15.4. The maximum atomic E-state index is 15.4. The molecule has 0 N–H and O–H groups in total. The number of nitrogens with zero attached hydrogens (tertiary/aromatic N) is 8. The van der Waals surface area contributed by atoms with Gasteiger partial charge >= 0.3 is 12.1 Å². The highest BCUT2D eigenvalue weighted by Gasteiger charge is 2.55. The van der Waals surface area contributed by atoms with Crippen LogP contribution in [0.15, 0.2) is 140 Å². The van der Waals surface area contributed by atoms with Crippen LogP contribution in [0, 0.1) is 16.6 Å². The quantitative estimate of drug-likeness (QED) is 0.144. The molecule has 6 aromatic rings. The number of fused-ring (bicyclic) bond motifs is 1. The van der Waals surface area contributed by atoms with Gasteiger partial charge in [0.25, 0.3) is 5.91 Å². The van der Waals surface area contributed by atoms with Crippen molar-refractivity contribution in [3.63, 3.8) is 0 Å². The zero-order chi connectivity index (χ0) is 47.2. The Morgan fingerprint density at radius 2 is 1.29 bits per heavy atom. The van der Waals surface area contributed by atoms with E-state index in [1.165, 1.54) is 21.9 Å². The molecule has 342 valence electrons. The van der Waals surface area contributed by atoms with Crippen molar-refractivity contribution in [2.24, 2.45) is 10.8 Å². The fourth-order valence-corrected chi connectivity index (χ4v) is 10.1. The number of para-hydroxylation sites is 1. The number of amides is 6. The largest absolute Gasteiger partial charge is 0.338 e. The number of pyridine rings is 1. The van der Waals surface area contributed by atoms with Crippen LogP contribution in [0.1, 0.15) is 70.3 Å². The van der Waals surface area contributed by atoms with Gasteiger partial charge in [0.15, 0.2) is 0 Å². The van der Waals surface area contributed by atoms with Gasteiger partial charge in [-0.2, -0.15) is 0 Å². The van der Waals surface area contributed by atoms with Crippen LogP contribution < -0.4 is 9.80 Å². The molecule has 5 atom stereocenters. The lowest BCUT2D eigenvalue weighted by molar-refractivity contribution is -0.132. The first kappa shape index (κ1) is 45.5. The van der Waals surface area contributed by atoms with Crippen molar-refractivity contribution in [2.75, 3.05) is 37.5 Å². The van der Waals surface area contributed by atoms with Crippen molar-refractivity contribution in [1.82, 2.24) is 29.2 Å². The van der Waals surface area contributed by atoms with E-state index in [2.05, 4.69) is 15.7 Å². The van der Waals surface area contributed by atoms with E-state index in [1.807, 2.05) is 137 Å². The van der Waals surface area contributed by atoms with Gasteiger partial charge in [0.1, 0.15) is 36.1 Å². The highest BCUT2D eigenvalue weighted by atomic mass is 19.1. The van der Waals surface area contributed by atoms with E-state index in [1.54, 1.807) is 66.3 Å². The lowest BCUT2D eigenvalue weighted by atomic mass is 9.90. The van der Waals surface area contributed by atoms with Gasteiger partial charge in [-0.25, -0.2) is 19.0 Å². The number of hydrogen-bond donors (Lipinski definition) is 0. The molecule has 4 aromatic carbocycles. The van der Waals surface area contributed by atoms with Crippen molar-refractivity contribution < 1.29 is 23.6 Å². The van der Waals surface area contributed by atoms with Crippen LogP contribution in [-0.4, -0.2) is 99.1 Å². The van der Waals surface area contributed by atoms with Crippen LogP contribution in [0.3, 0.4) is 0 Å². The summed E-state index contributed by atoms with van der Waals surface area (Å²) in [5.74, 6) is -0.328. The summed E-state index contributed by atoms with van der Waals surface area (Å²) < 4.78 is 16.3. The molecule has 8 rings (SSSR count). The Balaban J connectivity index is 1.23. The molecule has 4 heterocycles. The normalized spacial score (nSPS) is 19.5. The van der Waals surface area contributed by atoms with Crippen molar-refractivity contribution in [2.45, 2.75) is 78.4 Å². The molecule has 2 aromatic heterocycles. The fourth-order valence-electron chi connectivity index (χ4n) is 10.1. The van der Waals surface area contributed by atoms with E-state index in [0.29, 0.717) is 17.1 Å². The van der Waals surface area contributed by atoms with Gasteiger partial charge < -0.3 is 14.4 Å². The lowest BCUT2D eigenvalue weighted by Gasteiger charge is -2.42. The average Bonchev–Trinajstić information content (AvgIpc) is 3.91. The molecule has 0 bridgehead atoms.